The number of rotatable bonds is 6. The molecular weight excluding hydrogens is 184 g/mol. The van der Waals surface area contributed by atoms with Crippen LogP contribution in [0, 0.1) is 11.3 Å². The van der Waals surface area contributed by atoms with Gasteiger partial charge in [-0.3, -0.25) is 0 Å². The van der Waals surface area contributed by atoms with Gasteiger partial charge in [-0.15, -0.1) is 0 Å². The fourth-order valence-corrected chi connectivity index (χ4v) is 2.62. The molecule has 2 heteroatoms. The van der Waals surface area contributed by atoms with Crippen molar-refractivity contribution in [1.82, 2.24) is 10.2 Å². The lowest BCUT2D eigenvalue weighted by molar-refractivity contribution is 0.266. The summed E-state index contributed by atoms with van der Waals surface area (Å²) in [5, 5.41) is 3.55. The predicted octanol–water partition coefficient (Wildman–Crippen LogP) is 2.11. The SMILES string of the molecule is CCCNCC1CCN(CC2(C)CC2)C1. The normalized spacial score (nSPS) is 29.6. The Kier molecular flexibility index (Phi) is 3.68. The average Bonchev–Trinajstić information content (AvgIpc) is 2.76. The van der Waals surface area contributed by atoms with Gasteiger partial charge in [0.25, 0.3) is 0 Å². The maximum absolute atomic E-state index is 3.55. The Hall–Kier alpha value is -0.0800. The first kappa shape index (κ1) is 11.4. The minimum absolute atomic E-state index is 0.700. The first-order chi connectivity index (χ1) is 7.22. The first-order valence-electron chi connectivity index (χ1n) is 6.65. The van der Waals surface area contributed by atoms with Crippen LogP contribution in [0.5, 0.6) is 0 Å². The maximum atomic E-state index is 3.55. The van der Waals surface area contributed by atoms with E-state index >= 15 is 0 Å². The number of nitrogens with one attached hydrogen (secondary N) is 1. The van der Waals surface area contributed by atoms with E-state index < -0.39 is 0 Å². The molecule has 1 unspecified atom stereocenters. The molecule has 1 aliphatic carbocycles. The molecule has 0 aromatic rings. The first-order valence-corrected chi connectivity index (χ1v) is 6.65. The molecule has 2 nitrogen and oxygen atoms in total. The summed E-state index contributed by atoms with van der Waals surface area (Å²) in [6, 6.07) is 0. The van der Waals surface area contributed by atoms with Crippen molar-refractivity contribution in [3.05, 3.63) is 0 Å². The predicted molar refractivity (Wildman–Crippen MR) is 65.0 cm³/mol. The summed E-state index contributed by atoms with van der Waals surface area (Å²) < 4.78 is 0. The summed E-state index contributed by atoms with van der Waals surface area (Å²) in [6.07, 6.45) is 5.59. The zero-order valence-corrected chi connectivity index (χ0v) is 10.4. The van der Waals surface area contributed by atoms with Crippen LogP contribution >= 0.6 is 0 Å². The maximum Gasteiger partial charge on any atom is 0.00355 e. The lowest BCUT2D eigenvalue weighted by Crippen LogP contribution is -2.30. The molecule has 1 saturated carbocycles. The van der Waals surface area contributed by atoms with Crippen molar-refractivity contribution in [3.63, 3.8) is 0 Å². The van der Waals surface area contributed by atoms with Gasteiger partial charge in [0.05, 0.1) is 0 Å². The van der Waals surface area contributed by atoms with Crippen LogP contribution < -0.4 is 5.32 Å². The van der Waals surface area contributed by atoms with Gasteiger partial charge < -0.3 is 10.2 Å². The highest BCUT2D eigenvalue weighted by atomic mass is 15.2. The lowest BCUT2D eigenvalue weighted by atomic mass is 10.1. The van der Waals surface area contributed by atoms with Crippen LogP contribution in [0.2, 0.25) is 0 Å². The Labute approximate surface area is 94.4 Å². The molecule has 0 amide bonds. The summed E-state index contributed by atoms with van der Waals surface area (Å²) in [4.78, 5) is 2.69. The highest BCUT2D eigenvalue weighted by molar-refractivity contribution is 4.93. The summed E-state index contributed by atoms with van der Waals surface area (Å²) in [5.41, 5.74) is 0.700. The van der Waals surface area contributed by atoms with Crippen molar-refractivity contribution in [2.75, 3.05) is 32.7 Å². The van der Waals surface area contributed by atoms with Gasteiger partial charge in [-0.05, 0) is 56.7 Å². The molecule has 1 saturated heterocycles. The average molecular weight is 210 g/mol. The largest absolute Gasteiger partial charge is 0.316 e. The van der Waals surface area contributed by atoms with Crippen LogP contribution in [-0.4, -0.2) is 37.6 Å². The van der Waals surface area contributed by atoms with Gasteiger partial charge in [0.1, 0.15) is 0 Å². The number of hydrogen-bond donors (Lipinski definition) is 1. The van der Waals surface area contributed by atoms with E-state index in [0.717, 1.165) is 5.92 Å². The van der Waals surface area contributed by atoms with Gasteiger partial charge in [-0.2, -0.15) is 0 Å². The molecule has 15 heavy (non-hydrogen) atoms. The topological polar surface area (TPSA) is 15.3 Å². The molecule has 0 aromatic carbocycles. The molecule has 1 N–H and O–H groups in total. The van der Waals surface area contributed by atoms with Gasteiger partial charge >= 0.3 is 0 Å². The third kappa shape index (κ3) is 3.46. The number of nitrogens with zero attached hydrogens (tertiary/aromatic N) is 1. The van der Waals surface area contributed by atoms with Gasteiger partial charge in [0, 0.05) is 13.1 Å². The van der Waals surface area contributed by atoms with E-state index in [1.807, 2.05) is 0 Å². The Morgan fingerprint density at radius 3 is 2.87 bits per heavy atom. The van der Waals surface area contributed by atoms with Crippen molar-refractivity contribution in [1.29, 1.82) is 0 Å². The second-order valence-corrected chi connectivity index (χ2v) is 5.90. The van der Waals surface area contributed by atoms with E-state index in [1.165, 1.54) is 58.4 Å². The summed E-state index contributed by atoms with van der Waals surface area (Å²) >= 11 is 0. The molecule has 88 valence electrons. The Morgan fingerprint density at radius 2 is 2.20 bits per heavy atom. The zero-order valence-electron chi connectivity index (χ0n) is 10.4. The minimum Gasteiger partial charge on any atom is -0.316 e. The van der Waals surface area contributed by atoms with E-state index in [0.29, 0.717) is 5.41 Å². The fraction of sp³-hybridized carbons (Fsp3) is 1.00. The zero-order chi connectivity index (χ0) is 10.7. The van der Waals surface area contributed by atoms with Gasteiger partial charge in [-0.25, -0.2) is 0 Å². The third-order valence-corrected chi connectivity index (χ3v) is 3.94. The second-order valence-electron chi connectivity index (χ2n) is 5.90. The Balaban J connectivity index is 1.61. The van der Waals surface area contributed by atoms with Gasteiger partial charge in [0.2, 0.25) is 0 Å². The highest BCUT2D eigenvalue weighted by Gasteiger charge is 2.39. The van der Waals surface area contributed by atoms with Crippen molar-refractivity contribution in [3.8, 4) is 0 Å². The molecule has 2 fully saturated rings. The Bertz CT molecular complexity index is 199. The van der Waals surface area contributed by atoms with E-state index in [4.69, 9.17) is 0 Å². The molecule has 0 aromatic heterocycles. The molecule has 1 heterocycles. The van der Waals surface area contributed by atoms with E-state index in [-0.39, 0.29) is 0 Å². The Morgan fingerprint density at radius 1 is 1.40 bits per heavy atom. The third-order valence-electron chi connectivity index (χ3n) is 3.94. The van der Waals surface area contributed by atoms with Crippen LogP contribution in [0.15, 0.2) is 0 Å². The van der Waals surface area contributed by atoms with E-state index in [2.05, 4.69) is 24.1 Å². The molecule has 2 rings (SSSR count). The lowest BCUT2D eigenvalue weighted by Gasteiger charge is -2.20. The minimum atomic E-state index is 0.700. The molecular formula is C13H26N2. The van der Waals surface area contributed by atoms with E-state index in [1.54, 1.807) is 0 Å². The van der Waals surface area contributed by atoms with Crippen LogP contribution in [0.1, 0.15) is 39.5 Å². The van der Waals surface area contributed by atoms with E-state index in [9.17, 15) is 0 Å². The van der Waals surface area contributed by atoms with Crippen molar-refractivity contribution in [2.24, 2.45) is 11.3 Å². The number of likely N-dealkylation sites (tertiary alicyclic amines) is 1. The monoisotopic (exact) mass is 210 g/mol. The van der Waals surface area contributed by atoms with Crippen molar-refractivity contribution >= 4 is 0 Å². The standard InChI is InChI=1S/C13H26N2/c1-3-7-14-9-12-4-8-15(10-12)11-13(2)5-6-13/h12,14H,3-11H2,1-2H3. The quantitative estimate of drug-likeness (QED) is 0.676. The smallest absolute Gasteiger partial charge is 0.00355 e. The molecule has 0 bridgehead atoms. The summed E-state index contributed by atoms with van der Waals surface area (Å²) in [6.45, 7) is 11.1. The molecule has 2 aliphatic rings. The second kappa shape index (κ2) is 4.84. The van der Waals surface area contributed by atoms with Gasteiger partial charge in [0.15, 0.2) is 0 Å². The van der Waals surface area contributed by atoms with Crippen LogP contribution in [-0.2, 0) is 0 Å². The van der Waals surface area contributed by atoms with Gasteiger partial charge in [-0.1, -0.05) is 13.8 Å². The summed E-state index contributed by atoms with van der Waals surface area (Å²) in [7, 11) is 0. The molecule has 1 aliphatic heterocycles. The summed E-state index contributed by atoms with van der Waals surface area (Å²) in [5.74, 6) is 0.916. The van der Waals surface area contributed by atoms with Crippen LogP contribution in [0.3, 0.4) is 0 Å². The van der Waals surface area contributed by atoms with Crippen molar-refractivity contribution in [2.45, 2.75) is 39.5 Å². The molecule has 1 atom stereocenters. The molecule has 0 radical (unpaired) electrons. The molecule has 0 spiro atoms. The fourth-order valence-electron chi connectivity index (χ4n) is 2.62. The highest BCUT2D eigenvalue weighted by Crippen LogP contribution is 2.46. The van der Waals surface area contributed by atoms with Crippen LogP contribution in [0.25, 0.3) is 0 Å². The van der Waals surface area contributed by atoms with Crippen LogP contribution in [0.4, 0.5) is 0 Å². The van der Waals surface area contributed by atoms with Crippen molar-refractivity contribution < 1.29 is 0 Å². The number of hydrogen-bond acceptors (Lipinski definition) is 2.